The number of aliphatic hydroxyl groups excluding tert-OH is 1. The molecule has 1 amide bonds. The third-order valence-corrected chi connectivity index (χ3v) is 2.76. The van der Waals surface area contributed by atoms with Crippen LogP contribution in [0.5, 0.6) is 0 Å². The Morgan fingerprint density at radius 3 is 2.40 bits per heavy atom. The standard InChI is InChI=1S/C12H25NO2/c1-5-6-7-8-9-11(15)13-12(3,4)10(2)14/h10,14H,5-9H2,1-4H3,(H,13,15). The van der Waals surface area contributed by atoms with Crippen LogP contribution in [0.2, 0.25) is 0 Å². The van der Waals surface area contributed by atoms with Crippen molar-refractivity contribution in [2.75, 3.05) is 0 Å². The lowest BCUT2D eigenvalue weighted by Crippen LogP contribution is -2.50. The van der Waals surface area contributed by atoms with Crippen LogP contribution in [0.4, 0.5) is 0 Å². The number of hydrogen-bond donors (Lipinski definition) is 2. The first-order valence-corrected chi connectivity index (χ1v) is 5.89. The summed E-state index contributed by atoms with van der Waals surface area (Å²) in [5, 5.41) is 12.3. The van der Waals surface area contributed by atoms with Gasteiger partial charge in [0.1, 0.15) is 0 Å². The molecule has 3 heteroatoms. The van der Waals surface area contributed by atoms with Crippen molar-refractivity contribution in [1.29, 1.82) is 0 Å². The smallest absolute Gasteiger partial charge is 0.220 e. The minimum absolute atomic E-state index is 0.0389. The quantitative estimate of drug-likeness (QED) is 0.640. The molecule has 0 aromatic heterocycles. The van der Waals surface area contributed by atoms with Crippen molar-refractivity contribution in [3.8, 4) is 0 Å². The van der Waals surface area contributed by atoms with E-state index in [1.807, 2.05) is 13.8 Å². The number of rotatable bonds is 7. The van der Waals surface area contributed by atoms with Crippen molar-refractivity contribution >= 4 is 5.91 Å². The monoisotopic (exact) mass is 215 g/mol. The summed E-state index contributed by atoms with van der Waals surface area (Å²) in [7, 11) is 0. The Balaban J connectivity index is 3.74. The van der Waals surface area contributed by atoms with Crippen molar-refractivity contribution in [1.82, 2.24) is 5.32 Å². The van der Waals surface area contributed by atoms with Gasteiger partial charge in [0, 0.05) is 6.42 Å². The minimum atomic E-state index is -0.530. The van der Waals surface area contributed by atoms with Crippen LogP contribution in [0, 0.1) is 0 Å². The van der Waals surface area contributed by atoms with Gasteiger partial charge in [-0.1, -0.05) is 26.2 Å². The maximum absolute atomic E-state index is 11.5. The van der Waals surface area contributed by atoms with E-state index in [9.17, 15) is 9.90 Å². The lowest BCUT2D eigenvalue weighted by molar-refractivity contribution is -0.124. The molecule has 0 aliphatic carbocycles. The van der Waals surface area contributed by atoms with Crippen LogP contribution in [0.1, 0.15) is 59.8 Å². The Labute approximate surface area is 93.3 Å². The summed E-state index contributed by atoms with van der Waals surface area (Å²) in [5.74, 6) is 0.0389. The molecule has 1 unspecified atom stereocenters. The molecule has 0 fully saturated rings. The zero-order valence-electron chi connectivity index (χ0n) is 10.5. The second-order valence-corrected chi connectivity index (χ2v) is 4.76. The van der Waals surface area contributed by atoms with E-state index in [0.717, 1.165) is 12.8 Å². The molecule has 90 valence electrons. The first-order valence-electron chi connectivity index (χ1n) is 5.89. The second-order valence-electron chi connectivity index (χ2n) is 4.76. The van der Waals surface area contributed by atoms with E-state index in [-0.39, 0.29) is 5.91 Å². The van der Waals surface area contributed by atoms with Gasteiger partial charge >= 0.3 is 0 Å². The van der Waals surface area contributed by atoms with Crippen LogP contribution in [-0.4, -0.2) is 22.7 Å². The van der Waals surface area contributed by atoms with Crippen molar-refractivity contribution in [2.24, 2.45) is 0 Å². The molecule has 0 spiro atoms. The number of aliphatic hydroxyl groups is 1. The molecule has 0 rings (SSSR count). The minimum Gasteiger partial charge on any atom is -0.391 e. The van der Waals surface area contributed by atoms with E-state index >= 15 is 0 Å². The molecule has 0 saturated carbocycles. The van der Waals surface area contributed by atoms with Crippen LogP contribution < -0.4 is 5.32 Å². The van der Waals surface area contributed by atoms with Crippen LogP contribution in [-0.2, 0) is 4.79 Å². The summed E-state index contributed by atoms with van der Waals surface area (Å²) in [4.78, 5) is 11.5. The van der Waals surface area contributed by atoms with Gasteiger partial charge in [0.15, 0.2) is 0 Å². The van der Waals surface area contributed by atoms with Crippen LogP contribution in [0.3, 0.4) is 0 Å². The first-order chi connectivity index (χ1) is 6.90. The van der Waals surface area contributed by atoms with Gasteiger partial charge in [-0.3, -0.25) is 4.79 Å². The molecule has 0 aliphatic rings. The predicted octanol–water partition coefficient (Wildman–Crippen LogP) is 2.23. The van der Waals surface area contributed by atoms with E-state index in [0.29, 0.717) is 6.42 Å². The highest BCUT2D eigenvalue weighted by molar-refractivity contribution is 5.76. The van der Waals surface area contributed by atoms with Gasteiger partial charge in [-0.2, -0.15) is 0 Å². The average Bonchev–Trinajstić information content (AvgIpc) is 2.11. The van der Waals surface area contributed by atoms with Gasteiger partial charge < -0.3 is 10.4 Å². The highest BCUT2D eigenvalue weighted by Gasteiger charge is 2.25. The van der Waals surface area contributed by atoms with Crippen LogP contribution in [0.25, 0.3) is 0 Å². The SMILES string of the molecule is CCCCCCC(=O)NC(C)(C)C(C)O. The summed E-state index contributed by atoms with van der Waals surface area (Å²) in [5.41, 5.74) is -0.526. The zero-order valence-corrected chi connectivity index (χ0v) is 10.5. The number of nitrogens with one attached hydrogen (secondary N) is 1. The number of unbranched alkanes of at least 4 members (excludes halogenated alkanes) is 3. The number of hydrogen-bond acceptors (Lipinski definition) is 2. The third kappa shape index (κ3) is 6.50. The molecule has 3 nitrogen and oxygen atoms in total. The lowest BCUT2D eigenvalue weighted by atomic mass is 9.98. The molecule has 0 aliphatic heterocycles. The average molecular weight is 215 g/mol. The fraction of sp³-hybridized carbons (Fsp3) is 0.917. The molecule has 0 radical (unpaired) electrons. The lowest BCUT2D eigenvalue weighted by Gasteiger charge is -2.29. The topological polar surface area (TPSA) is 49.3 Å². The Kier molecular flexibility index (Phi) is 6.57. The van der Waals surface area contributed by atoms with E-state index in [1.54, 1.807) is 6.92 Å². The highest BCUT2D eigenvalue weighted by Crippen LogP contribution is 2.09. The molecular formula is C12H25NO2. The van der Waals surface area contributed by atoms with Crippen molar-refractivity contribution in [3.63, 3.8) is 0 Å². The summed E-state index contributed by atoms with van der Waals surface area (Å²) < 4.78 is 0. The number of carbonyl (C=O) groups excluding carboxylic acids is 1. The molecule has 2 N–H and O–H groups in total. The Morgan fingerprint density at radius 2 is 1.93 bits per heavy atom. The van der Waals surface area contributed by atoms with E-state index in [4.69, 9.17) is 0 Å². The molecular weight excluding hydrogens is 190 g/mol. The maximum Gasteiger partial charge on any atom is 0.220 e. The molecule has 0 aromatic carbocycles. The van der Waals surface area contributed by atoms with Gasteiger partial charge in [-0.25, -0.2) is 0 Å². The number of amides is 1. The molecule has 0 aromatic rings. The fourth-order valence-electron chi connectivity index (χ4n) is 1.24. The normalized spacial score (nSPS) is 13.7. The molecule has 0 heterocycles. The molecule has 1 atom stereocenters. The van der Waals surface area contributed by atoms with Gasteiger partial charge in [0.2, 0.25) is 5.91 Å². The first kappa shape index (κ1) is 14.4. The molecule has 15 heavy (non-hydrogen) atoms. The second kappa shape index (κ2) is 6.83. The summed E-state index contributed by atoms with van der Waals surface area (Å²) >= 11 is 0. The van der Waals surface area contributed by atoms with Crippen LogP contribution in [0.15, 0.2) is 0 Å². The van der Waals surface area contributed by atoms with Gasteiger partial charge in [-0.15, -0.1) is 0 Å². The van der Waals surface area contributed by atoms with Crippen molar-refractivity contribution < 1.29 is 9.90 Å². The highest BCUT2D eigenvalue weighted by atomic mass is 16.3. The summed E-state index contributed by atoms with van der Waals surface area (Å²) in [6, 6.07) is 0. The summed E-state index contributed by atoms with van der Waals surface area (Å²) in [6.45, 7) is 7.51. The molecule has 0 bridgehead atoms. The summed E-state index contributed by atoms with van der Waals surface area (Å²) in [6.07, 6.45) is 4.45. The third-order valence-electron chi connectivity index (χ3n) is 2.76. The fourth-order valence-corrected chi connectivity index (χ4v) is 1.24. The van der Waals surface area contributed by atoms with Gasteiger partial charge in [0.05, 0.1) is 11.6 Å². The van der Waals surface area contributed by atoms with E-state index < -0.39 is 11.6 Å². The van der Waals surface area contributed by atoms with Gasteiger partial charge in [-0.05, 0) is 27.2 Å². The molecule has 0 saturated heterocycles. The van der Waals surface area contributed by atoms with Crippen molar-refractivity contribution in [2.45, 2.75) is 71.4 Å². The van der Waals surface area contributed by atoms with Crippen molar-refractivity contribution in [3.05, 3.63) is 0 Å². The Hall–Kier alpha value is -0.570. The largest absolute Gasteiger partial charge is 0.391 e. The maximum atomic E-state index is 11.5. The zero-order chi connectivity index (χ0) is 11.9. The Bertz CT molecular complexity index is 188. The number of carbonyl (C=O) groups is 1. The van der Waals surface area contributed by atoms with Gasteiger partial charge in [0.25, 0.3) is 0 Å². The predicted molar refractivity (Wildman–Crippen MR) is 62.7 cm³/mol. The van der Waals surface area contributed by atoms with Crippen LogP contribution >= 0.6 is 0 Å². The van der Waals surface area contributed by atoms with E-state index in [1.165, 1.54) is 12.8 Å². The van der Waals surface area contributed by atoms with E-state index in [2.05, 4.69) is 12.2 Å². The Morgan fingerprint density at radius 1 is 1.33 bits per heavy atom.